The summed E-state index contributed by atoms with van der Waals surface area (Å²) in [6.45, 7) is 2.88. The van der Waals surface area contributed by atoms with Gasteiger partial charge in [0.25, 0.3) is 0 Å². The molecule has 0 saturated carbocycles. The predicted octanol–water partition coefficient (Wildman–Crippen LogP) is 5.23. The van der Waals surface area contributed by atoms with Crippen molar-refractivity contribution in [2.24, 2.45) is 4.99 Å². The molecule has 1 aromatic heterocycles. The Labute approximate surface area is 180 Å². The molecule has 5 heteroatoms. The molecule has 0 bridgehead atoms. The number of thiol groups is 1. The standard InChI is InChI=1S/C25H22N2O2S/c1-3-27-22-11-9-17(24(28)16-7-5-4-6-8-16)13-19(22)20-14-18(10-12-23(20)27)25(29)21(15-30)26-2/h4-14,30H,3,15H2,1-2H3. The molecule has 0 aliphatic heterocycles. The van der Waals surface area contributed by atoms with Gasteiger partial charge in [-0.25, -0.2) is 0 Å². The Bertz CT molecular complexity index is 1300. The van der Waals surface area contributed by atoms with Crippen LogP contribution in [0.5, 0.6) is 0 Å². The van der Waals surface area contributed by atoms with Gasteiger partial charge in [-0.3, -0.25) is 14.6 Å². The first-order valence-electron chi connectivity index (χ1n) is 9.86. The number of aromatic nitrogens is 1. The molecule has 0 radical (unpaired) electrons. The van der Waals surface area contributed by atoms with Crippen LogP contribution in [0.3, 0.4) is 0 Å². The van der Waals surface area contributed by atoms with Crippen LogP contribution in [0.4, 0.5) is 0 Å². The van der Waals surface area contributed by atoms with Crippen LogP contribution in [0.25, 0.3) is 21.8 Å². The maximum Gasteiger partial charge on any atom is 0.207 e. The average molecular weight is 415 g/mol. The van der Waals surface area contributed by atoms with Crippen molar-refractivity contribution >= 4 is 51.7 Å². The number of aliphatic imine (C=N–C) groups is 1. The Morgan fingerprint density at radius 3 is 2.03 bits per heavy atom. The molecule has 4 rings (SSSR count). The van der Waals surface area contributed by atoms with E-state index < -0.39 is 0 Å². The third kappa shape index (κ3) is 3.35. The van der Waals surface area contributed by atoms with Crippen LogP contribution in [-0.4, -0.2) is 34.6 Å². The molecule has 0 amide bonds. The van der Waals surface area contributed by atoms with Crippen LogP contribution in [0, 0.1) is 0 Å². The molecule has 0 unspecified atom stereocenters. The van der Waals surface area contributed by atoms with E-state index in [2.05, 4.69) is 29.1 Å². The normalized spacial score (nSPS) is 11.9. The molecule has 30 heavy (non-hydrogen) atoms. The lowest BCUT2D eigenvalue weighted by Crippen LogP contribution is -2.15. The summed E-state index contributed by atoms with van der Waals surface area (Å²) in [4.78, 5) is 29.8. The van der Waals surface area contributed by atoms with Crippen molar-refractivity contribution in [2.75, 3.05) is 12.8 Å². The second kappa shape index (κ2) is 8.28. The van der Waals surface area contributed by atoms with Gasteiger partial charge in [0.2, 0.25) is 5.78 Å². The van der Waals surface area contributed by atoms with Crippen LogP contribution < -0.4 is 0 Å². The molecule has 0 N–H and O–H groups in total. The summed E-state index contributed by atoms with van der Waals surface area (Å²) in [5.41, 5.74) is 4.37. The van der Waals surface area contributed by atoms with E-state index >= 15 is 0 Å². The summed E-state index contributed by atoms with van der Waals surface area (Å²) < 4.78 is 2.20. The van der Waals surface area contributed by atoms with Crippen molar-refractivity contribution < 1.29 is 9.59 Å². The minimum atomic E-state index is -0.122. The lowest BCUT2D eigenvalue weighted by Gasteiger charge is -2.05. The lowest BCUT2D eigenvalue weighted by molar-refractivity contribution is 0.103. The number of benzene rings is 3. The number of ketones is 2. The molecule has 1 heterocycles. The van der Waals surface area contributed by atoms with E-state index in [1.54, 1.807) is 7.05 Å². The van der Waals surface area contributed by atoms with Gasteiger partial charge in [-0.15, -0.1) is 0 Å². The number of hydrogen-bond acceptors (Lipinski definition) is 4. The molecular formula is C25H22N2O2S. The Kier molecular flexibility index (Phi) is 5.55. The van der Waals surface area contributed by atoms with Crippen LogP contribution in [0.1, 0.15) is 33.2 Å². The number of carbonyl (C=O) groups excluding carboxylic acids is 2. The molecule has 0 aliphatic carbocycles. The highest BCUT2D eigenvalue weighted by atomic mass is 32.1. The highest BCUT2D eigenvalue weighted by Crippen LogP contribution is 2.31. The lowest BCUT2D eigenvalue weighted by atomic mass is 10.00. The van der Waals surface area contributed by atoms with Gasteiger partial charge in [-0.1, -0.05) is 30.3 Å². The number of rotatable bonds is 6. The summed E-state index contributed by atoms with van der Waals surface area (Å²) in [5, 5.41) is 1.92. The number of aryl methyl sites for hydroxylation is 1. The van der Waals surface area contributed by atoms with Crippen molar-refractivity contribution in [3.8, 4) is 0 Å². The quantitative estimate of drug-likeness (QED) is 0.267. The van der Waals surface area contributed by atoms with Gasteiger partial charge >= 0.3 is 0 Å². The monoisotopic (exact) mass is 414 g/mol. The second-order valence-corrected chi connectivity index (χ2v) is 7.38. The number of fused-ring (bicyclic) bond motifs is 3. The van der Waals surface area contributed by atoms with Gasteiger partial charge in [-0.05, 0) is 43.3 Å². The van der Waals surface area contributed by atoms with Crippen molar-refractivity contribution in [1.82, 2.24) is 4.57 Å². The maximum atomic E-state index is 13.0. The highest BCUT2D eigenvalue weighted by molar-refractivity contribution is 7.81. The Hall–Kier alpha value is -3.18. The summed E-state index contributed by atoms with van der Waals surface area (Å²) >= 11 is 4.21. The predicted molar refractivity (Wildman–Crippen MR) is 127 cm³/mol. The fraction of sp³-hybridized carbons (Fsp3) is 0.160. The Balaban J connectivity index is 1.91. The average Bonchev–Trinajstić information content (AvgIpc) is 3.12. The zero-order valence-electron chi connectivity index (χ0n) is 16.9. The zero-order chi connectivity index (χ0) is 21.3. The first-order chi connectivity index (χ1) is 14.6. The molecule has 0 atom stereocenters. The smallest absolute Gasteiger partial charge is 0.207 e. The van der Waals surface area contributed by atoms with E-state index in [0.717, 1.165) is 28.4 Å². The summed E-state index contributed by atoms with van der Waals surface area (Å²) in [6, 6.07) is 20.8. The van der Waals surface area contributed by atoms with Crippen LogP contribution in [0.15, 0.2) is 71.7 Å². The number of nitrogens with zero attached hydrogens (tertiary/aromatic N) is 2. The van der Waals surface area contributed by atoms with Crippen LogP contribution >= 0.6 is 12.6 Å². The van der Waals surface area contributed by atoms with Crippen molar-refractivity contribution in [2.45, 2.75) is 13.5 Å². The first-order valence-corrected chi connectivity index (χ1v) is 10.5. The van der Waals surface area contributed by atoms with Gasteiger partial charge < -0.3 is 4.57 Å². The maximum absolute atomic E-state index is 13.0. The molecule has 4 aromatic rings. The molecule has 0 spiro atoms. The fourth-order valence-electron chi connectivity index (χ4n) is 3.89. The minimum absolute atomic E-state index is 0.0161. The van der Waals surface area contributed by atoms with Gasteiger partial charge in [0.1, 0.15) is 0 Å². The summed E-state index contributed by atoms with van der Waals surface area (Å²) in [6.07, 6.45) is 0. The van der Waals surface area contributed by atoms with E-state index in [4.69, 9.17) is 0 Å². The molecule has 4 nitrogen and oxygen atoms in total. The first kappa shape index (κ1) is 20.1. The number of Topliss-reactive ketones (excluding diaryl/α,β-unsaturated/α-hetero) is 1. The SMILES string of the molecule is CCn1c2ccc(C(=O)C(CS)=NC)cc2c2cc(C(=O)c3ccccc3)ccc21. The second-order valence-electron chi connectivity index (χ2n) is 7.06. The van der Waals surface area contributed by atoms with Gasteiger partial charge in [0, 0.05) is 57.8 Å². The molecule has 150 valence electrons. The Morgan fingerprint density at radius 2 is 1.47 bits per heavy atom. The van der Waals surface area contributed by atoms with E-state index in [1.807, 2.05) is 66.7 Å². The third-order valence-electron chi connectivity index (χ3n) is 5.42. The van der Waals surface area contributed by atoms with Gasteiger partial charge in [0.05, 0.1) is 5.71 Å². The summed E-state index contributed by atoms with van der Waals surface area (Å²) in [7, 11) is 1.60. The van der Waals surface area contributed by atoms with E-state index in [-0.39, 0.29) is 11.6 Å². The van der Waals surface area contributed by atoms with E-state index in [9.17, 15) is 9.59 Å². The summed E-state index contributed by atoms with van der Waals surface area (Å²) in [5.74, 6) is 0.153. The topological polar surface area (TPSA) is 51.4 Å². The zero-order valence-corrected chi connectivity index (χ0v) is 17.8. The fourth-order valence-corrected chi connectivity index (χ4v) is 4.18. The number of hydrogen-bond donors (Lipinski definition) is 1. The molecule has 0 fully saturated rings. The minimum Gasteiger partial charge on any atom is -0.341 e. The largest absolute Gasteiger partial charge is 0.341 e. The molecule has 3 aromatic carbocycles. The van der Waals surface area contributed by atoms with Crippen molar-refractivity contribution in [3.63, 3.8) is 0 Å². The van der Waals surface area contributed by atoms with E-state index in [1.165, 1.54) is 0 Å². The molecule has 0 saturated heterocycles. The highest BCUT2D eigenvalue weighted by Gasteiger charge is 2.17. The third-order valence-corrected chi connectivity index (χ3v) is 5.72. The van der Waals surface area contributed by atoms with Gasteiger partial charge in [-0.2, -0.15) is 12.6 Å². The van der Waals surface area contributed by atoms with Gasteiger partial charge in [0.15, 0.2) is 5.78 Å². The Morgan fingerprint density at radius 1 is 0.867 bits per heavy atom. The molecule has 0 aliphatic rings. The van der Waals surface area contributed by atoms with Crippen LogP contribution in [-0.2, 0) is 6.54 Å². The number of carbonyl (C=O) groups is 2. The van der Waals surface area contributed by atoms with Crippen LogP contribution in [0.2, 0.25) is 0 Å². The van der Waals surface area contributed by atoms with Crippen molar-refractivity contribution in [3.05, 3.63) is 83.4 Å². The van der Waals surface area contributed by atoms with Crippen molar-refractivity contribution in [1.29, 1.82) is 0 Å². The van der Waals surface area contributed by atoms with E-state index in [0.29, 0.717) is 28.2 Å². The molecular weight excluding hydrogens is 392 g/mol.